The van der Waals surface area contributed by atoms with E-state index in [0.29, 0.717) is 0 Å². The Morgan fingerprint density at radius 2 is 2.67 bits per heavy atom. The Morgan fingerprint density at radius 3 is 2.83 bits per heavy atom. The van der Waals surface area contributed by atoms with Crippen molar-refractivity contribution >= 4 is 27.3 Å². The number of hydrogen-bond donors (Lipinski definition) is 1. The lowest BCUT2D eigenvalue weighted by atomic mass is 11.7. The van der Waals surface area contributed by atoms with Crippen molar-refractivity contribution < 1.29 is 0 Å². The van der Waals surface area contributed by atoms with Crippen LogP contribution < -0.4 is 5.84 Å². The van der Waals surface area contributed by atoms with Gasteiger partial charge in [-0.25, -0.2) is 5.84 Å². The van der Waals surface area contributed by atoms with Crippen molar-refractivity contribution in [3.05, 3.63) is 0 Å². The molecule has 34 valence electrons. The van der Waals surface area contributed by atoms with Crippen molar-refractivity contribution in [3.8, 4) is 0 Å². The van der Waals surface area contributed by atoms with Crippen molar-refractivity contribution in [2.75, 3.05) is 0 Å². The van der Waals surface area contributed by atoms with Gasteiger partial charge in [-0.15, -0.1) is 0 Å². The molecule has 6 heavy (non-hydrogen) atoms. The van der Waals surface area contributed by atoms with Crippen molar-refractivity contribution in [3.63, 3.8) is 0 Å². The van der Waals surface area contributed by atoms with E-state index in [4.69, 9.17) is 5.84 Å². The second-order valence-corrected chi connectivity index (χ2v) is 2.65. The standard InChI is InChI=1S/CH3N3S2/c2-4-3-1-5-6-4/h1H,2H2. The first-order chi connectivity index (χ1) is 2.89. The SMILES string of the molecule is NN1N=CSS1. The lowest BCUT2D eigenvalue weighted by Crippen LogP contribution is -2.11. The molecule has 5 heteroatoms. The quantitative estimate of drug-likeness (QED) is 0.286. The van der Waals surface area contributed by atoms with Gasteiger partial charge in [0, 0.05) is 0 Å². The van der Waals surface area contributed by atoms with E-state index in [-0.39, 0.29) is 0 Å². The van der Waals surface area contributed by atoms with Gasteiger partial charge in [0.15, 0.2) is 0 Å². The number of nitrogens with two attached hydrogens (primary N) is 1. The van der Waals surface area contributed by atoms with Gasteiger partial charge in [-0.05, 0) is 10.8 Å². The third-order valence-electron chi connectivity index (χ3n) is 0.323. The second kappa shape index (κ2) is 1.72. The molecule has 1 aliphatic rings. The topological polar surface area (TPSA) is 41.6 Å². The highest BCUT2D eigenvalue weighted by atomic mass is 33.1. The maximum absolute atomic E-state index is 5.11. The van der Waals surface area contributed by atoms with Gasteiger partial charge in [-0.1, -0.05) is 0 Å². The lowest BCUT2D eigenvalue weighted by molar-refractivity contribution is 0.548. The van der Waals surface area contributed by atoms with E-state index in [0.717, 1.165) is 0 Å². The maximum Gasteiger partial charge on any atom is 0.0950 e. The summed E-state index contributed by atoms with van der Waals surface area (Å²) in [4.78, 5) is 0. The van der Waals surface area contributed by atoms with Crippen LogP contribution in [0.4, 0.5) is 0 Å². The van der Waals surface area contributed by atoms with E-state index in [1.165, 1.54) is 26.3 Å². The fourth-order valence-corrected chi connectivity index (χ4v) is 1.17. The molecule has 0 aromatic carbocycles. The Hall–Kier alpha value is 0.130. The summed E-state index contributed by atoms with van der Waals surface area (Å²) in [6.45, 7) is 0. The molecule has 0 fully saturated rings. The molecule has 1 aliphatic heterocycles. The summed E-state index contributed by atoms with van der Waals surface area (Å²) in [7, 11) is 2.91. The molecule has 0 bridgehead atoms. The first-order valence-electron chi connectivity index (χ1n) is 1.30. The van der Waals surface area contributed by atoms with E-state index in [1.54, 1.807) is 5.55 Å². The third-order valence-corrected chi connectivity index (χ3v) is 1.81. The molecular weight excluding hydrogens is 118 g/mol. The van der Waals surface area contributed by atoms with Crippen LogP contribution in [-0.2, 0) is 0 Å². The fraction of sp³-hybridized carbons (Fsp3) is 0. The van der Waals surface area contributed by atoms with Crippen molar-refractivity contribution in [2.45, 2.75) is 0 Å². The van der Waals surface area contributed by atoms with Crippen LogP contribution in [0.1, 0.15) is 0 Å². The van der Waals surface area contributed by atoms with Crippen LogP contribution in [0.2, 0.25) is 0 Å². The number of nitrogens with zero attached hydrogens (tertiary/aromatic N) is 2. The molecule has 3 nitrogen and oxygen atoms in total. The van der Waals surface area contributed by atoms with Crippen LogP contribution >= 0.6 is 21.8 Å². The van der Waals surface area contributed by atoms with E-state index in [1.807, 2.05) is 0 Å². The Labute approximate surface area is 43.5 Å². The normalized spacial score (nSPS) is 19.8. The zero-order valence-electron chi connectivity index (χ0n) is 2.87. The minimum Gasteiger partial charge on any atom is -0.220 e. The monoisotopic (exact) mass is 121 g/mol. The highest BCUT2D eigenvalue weighted by Gasteiger charge is 1.98. The molecule has 1 heterocycles. The highest BCUT2D eigenvalue weighted by molar-refractivity contribution is 8.81. The van der Waals surface area contributed by atoms with Gasteiger partial charge in [-0.2, -0.15) is 9.62 Å². The molecule has 0 saturated heterocycles. The summed E-state index contributed by atoms with van der Waals surface area (Å²) in [6, 6.07) is 0. The molecule has 0 radical (unpaired) electrons. The molecule has 1 rings (SSSR count). The summed E-state index contributed by atoms with van der Waals surface area (Å²) in [6.07, 6.45) is 0. The van der Waals surface area contributed by atoms with Crippen LogP contribution in [0, 0.1) is 0 Å². The van der Waals surface area contributed by atoms with Crippen molar-refractivity contribution in [1.29, 1.82) is 0 Å². The van der Waals surface area contributed by atoms with Gasteiger partial charge in [-0.3, -0.25) is 0 Å². The zero-order chi connectivity index (χ0) is 4.41. The Balaban J connectivity index is 2.38. The fourth-order valence-electron chi connectivity index (χ4n) is 0.148. The minimum atomic E-state index is 1.31. The van der Waals surface area contributed by atoms with E-state index >= 15 is 0 Å². The number of hydrogen-bond acceptors (Lipinski definition) is 5. The van der Waals surface area contributed by atoms with Crippen molar-refractivity contribution in [2.24, 2.45) is 10.9 Å². The van der Waals surface area contributed by atoms with Crippen LogP contribution in [0.3, 0.4) is 0 Å². The first kappa shape index (κ1) is 4.29. The summed E-state index contributed by atoms with van der Waals surface area (Å²) in [5.74, 6) is 5.11. The summed E-state index contributed by atoms with van der Waals surface area (Å²) >= 11 is 0. The summed E-state index contributed by atoms with van der Waals surface area (Å²) in [5, 5.41) is 3.65. The molecule has 0 aromatic heterocycles. The van der Waals surface area contributed by atoms with Gasteiger partial charge < -0.3 is 0 Å². The molecular formula is CH3N3S2. The average molecular weight is 121 g/mol. The molecule has 0 unspecified atom stereocenters. The first-order valence-corrected chi connectivity index (χ1v) is 3.47. The van der Waals surface area contributed by atoms with Crippen LogP contribution in [-0.4, -0.2) is 10.1 Å². The van der Waals surface area contributed by atoms with Gasteiger partial charge in [0.1, 0.15) is 0 Å². The van der Waals surface area contributed by atoms with Crippen LogP contribution in [0.15, 0.2) is 5.10 Å². The average Bonchev–Trinajstić information content (AvgIpc) is 1.86. The molecule has 0 aromatic rings. The zero-order valence-corrected chi connectivity index (χ0v) is 4.50. The smallest absolute Gasteiger partial charge is 0.0950 e. The predicted molar refractivity (Wildman–Crippen MR) is 29.7 cm³/mol. The largest absolute Gasteiger partial charge is 0.220 e. The number of rotatable bonds is 0. The molecule has 0 spiro atoms. The molecule has 0 aliphatic carbocycles. The number of hydrazone groups is 1. The van der Waals surface area contributed by atoms with Gasteiger partial charge >= 0.3 is 0 Å². The predicted octanol–water partition coefficient (Wildman–Crippen LogP) is 0.415. The highest BCUT2D eigenvalue weighted by Crippen LogP contribution is 2.25. The van der Waals surface area contributed by atoms with Crippen LogP contribution in [0.5, 0.6) is 0 Å². The Bertz CT molecular complexity index is 71.2. The lowest BCUT2D eigenvalue weighted by Gasteiger charge is -1.96. The van der Waals surface area contributed by atoms with Crippen molar-refractivity contribution in [1.82, 2.24) is 4.52 Å². The Kier molecular flexibility index (Phi) is 1.23. The van der Waals surface area contributed by atoms with E-state index in [2.05, 4.69) is 5.10 Å². The second-order valence-electron chi connectivity index (χ2n) is 0.694. The van der Waals surface area contributed by atoms with Gasteiger partial charge in [0.05, 0.1) is 16.5 Å². The molecule has 0 saturated carbocycles. The molecule has 2 N–H and O–H groups in total. The molecule has 0 amide bonds. The van der Waals surface area contributed by atoms with Crippen LogP contribution in [0.25, 0.3) is 0 Å². The van der Waals surface area contributed by atoms with Gasteiger partial charge in [0.25, 0.3) is 0 Å². The Morgan fingerprint density at radius 1 is 1.83 bits per heavy atom. The third kappa shape index (κ3) is 0.796. The maximum atomic E-state index is 5.11. The minimum absolute atomic E-state index is 1.31. The van der Waals surface area contributed by atoms with E-state index < -0.39 is 0 Å². The summed E-state index contributed by atoms with van der Waals surface area (Å²) in [5.41, 5.74) is 1.69. The summed E-state index contributed by atoms with van der Waals surface area (Å²) < 4.78 is 1.31. The van der Waals surface area contributed by atoms with Gasteiger partial charge in [0.2, 0.25) is 0 Å². The van der Waals surface area contributed by atoms with E-state index in [9.17, 15) is 0 Å². The molecule has 0 atom stereocenters. The number of hydrazine groups is 1.